The van der Waals surface area contributed by atoms with E-state index in [4.69, 9.17) is 19.6 Å². The van der Waals surface area contributed by atoms with Gasteiger partial charge in [0.15, 0.2) is 23.1 Å². The summed E-state index contributed by atoms with van der Waals surface area (Å²) in [6.45, 7) is 11.1. The van der Waals surface area contributed by atoms with E-state index >= 15 is 4.39 Å². The monoisotopic (exact) mass is 541 g/mol. The number of Topliss-reactive ketones (excluding diaryl/α,β-unsaturated/α-hetero) is 1. The Morgan fingerprint density at radius 1 is 1.13 bits per heavy atom. The second-order valence-electron chi connectivity index (χ2n) is 11.0. The number of carbonyl (C=O) groups is 1. The van der Waals surface area contributed by atoms with Gasteiger partial charge in [0.1, 0.15) is 17.8 Å². The molecule has 2 aliphatic rings. The Morgan fingerprint density at radius 3 is 2.46 bits per heavy atom. The Labute approximate surface area is 230 Å². The predicted molar refractivity (Wildman–Crippen MR) is 149 cm³/mol. The minimum absolute atomic E-state index is 0.00858. The first-order valence-corrected chi connectivity index (χ1v) is 13.7. The Hall–Kier alpha value is -3.33. The van der Waals surface area contributed by atoms with Crippen molar-refractivity contribution in [3.63, 3.8) is 0 Å². The Morgan fingerprint density at radius 2 is 1.85 bits per heavy atom. The average Bonchev–Trinajstić information content (AvgIpc) is 3.20. The average molecular weight is 542 g/mol. The lowest BCUT2D eigenvalue weighted by Gasteiger charge is -2.36. The van der Waals surface area contributed by atoms with Crippen LogP contribution in [0.15, 0.2) is 18.2 Å². The fraction of sp³-hybridized carbons (Fsp3) is 0.533. The molecule has 0 bridgehead atoms. The number of anilines is 1. The molecule has 2 aromatic carbocycles. The van der Waals surface area contributed by atoms with Crippen molar-refractivity contribution in [1.82, 2.24) is 4.90 Å². The van der Waals surface area contributed by atoms with Crippen LogP contribution in [0.25, 0.3) is 0 Å². The predicted octanol–water partition coefficient (Wildman–Crippen LogP) is 5.26. The number of methoxy groups -OCH3 is 1. The van der Waals surface area contributed by atoms with Crippen molar-refractivity contribution >= 4 is 17.3 Å². The number of nitrogens with zero attached hydrogens (tertiary/aromatic N) is 2. The van der Waals surface area contributed by atoms with Gasteiger partial charge in [-0.05, 0) is 62.3 Å². The third-order valence-corrected chi connectivity index (χ3v) is 7.29. The van der Waals surface area contributed by atoms with Gasteiger partial charge in [-0.25, -0.2) is 4.39 Å². The van der Waals surface area contributed by atoms with Crippen LogP contribution in [0.1, 0.15) is 80.9 Å². The van der Waals surface area contributed by atoms with Crippen molar-refractivity contribution in [1.29, 1.82) is 5.41 Å². The zero-order valence-electron chi connectivity index (χ0n) is 23.8. The van der Waals surface area contributed by atoms with Gasteiger partial charge in [-0.2, -0.15) is 0 Å². The largest absolute Gasteiger partial charge is 0.494 e. The van der Waals surface area contributed by atoms with E-state index in [9.17, 15) is 9.90 Å². The summed E-state index contributed by atoms with van der Waals surface area (Å²) in [5.74, 6) is 0.0333. The molecule has 0 aliphatic carbocycles. The van der Waals surface area contributed by atoms with Crippen LogP contribution in [0.5, 0.6) is 17.2 Å². The lowest BCUT2D eigenvalue weighted by atomic mass is 9.84. The molecule has 0 spiro atoms. The highest BCUT2D eigenvalue weighted by molar-refractivity contribution is 6.06. The summed E-state index contributed by atoms with van der Waals surface area (Å²) < 4.78 is 32.4. The number of rotatable bonds is 9. The van der Waals surface area contributed by atoms with Gasteiger partial charge in [-0.3, -0.25) is 10.2 Å². The maximum Gasteiger partial charge on any atom is 0.197 e. The van der Waals surface area contributed by atoms with Gasteiger partial charge in [0, 0.05) is 24.2 Å². The Balaban J connectivity index is 1.69. The Bertz CT molecular complexity index is 1260. The molecule has 0 amide bonds. The summed E-state index contributed by atoms with van der Waals surface area (Å²) in [5, 5.41) is 19.5. The molecular formula is C30H40FN3O5. The minimum atomic E-state index is -0.658. The number of ketones is 1. The number of piperidine rings is 1. The molecule has 8 nitrogen and oxygen atoms in total. The summed E-state index contributed by atoms with van der Waals surface area (Å²) in [6.07, 6.45) is 1.86. The molecule has 39 heavy (non-hydrogen) atoms. The molecule has 1 saturated heterocycles. The van der Waals surface area contributed by atoms with Crippen LogP contribution in [0, 0.1) is 11.2 Å². The van der Waals surface area contributed by atoms with Crippen molar-refractivity contribution < 1.29 is 28.5 Å². The third kappa shape index (κ3) is 5.55. The topological polar surface area (TPSA) is 95.3 Å². The number of carbonyl (C=O) groups excluding carboxylic acids is 1. The molecule has 9 heteroatoms. The van der Waals surface area contributed by atoms with Crippen LogP contribution >= 0.6 is 0 Å². The molecule has 1 atom stereocenters. The van der Waals surface area contributed by atoms with Crippen LogP contribution in [0.2, 0.25) is 0 Å². The van der Waals surface area contributed by atoms with Crippen LogP contribution in [-0.4, -0.2) is 61.3 Å². The number of aliphatic hydroxyl groups is 1. The van der Waals surface area contributed by atoms with Gasteiger partial charge in [-0.1, -0.05) is 20.8 Å². The van der Waals surface area contributed by atoms with E-state index in [0.29, 0.717) is 47.9 Å². The van der Waals surface area contributed by atoms with Crippen LogP contribution in [0.4, 0.5) is 10.1 Å². The molecule has 2 heterocycles. The van der Waals surface area contributed by atoms with E-state index in [1.807, 2.05) is 17.9 Å². The first-order valence-electron chi connectivity index (χ1n) is 13.7. The standard InChI is InChI=1S/C30H40FN3O5/c1-7-38-23-15-19-16-33(29(32)25(19)26(31)28(23)39-8-2)17-22(35)18-13-20(30(3,4)5)27(37-6)21(14-18)34-12-10-9-11-24(34)36/h13-15,24,32,36H,7-12,16-17H2,1-6H3. The SMILES string of the molecule is CCOc1cc2c(c(F)c1OCC)C(=N)N(CC(=O)c1cc(N3CCCCC3O)c(OC)c(C(C)(C)C)c1)C2. The summed E-state index contributed by atoms with van der Waals surface area (Å²) in [6, 6.07) is 5.32. The minimum Gasteiger partial charge on any atom is -0.494 e. The van der Waals surface area contributed by atoms with Gasteiger partial charge >= 0.3 is 0 Å². The molecule has 1 unspecified atom stereocenters. The maximum atomic E-state index is 15.5. The lowest BCUT2D eigenvalue weighted by Crippen LogP contribution is -2.40. The fourth-order valence-electron chi connectivity index (χ4n) is 5.38. The number of nitrogens with one attached hydrogen (secondary N) is 1. The summed E-state index contributed by atoms with van der Waals surface area (Å²) in [4.78, 5) is 17.2. The van der Waals surface area contributed by atoms with E-state index in [2.05, 4.69) is 20.8 Å². The number of halogens is 1. The van der Waals surface area contributed by atoms with E-state index in [1.165, 1.54) is 0 Å². The summed E-state index contributed by atoms with van der Waals surface area (Å²) >= 11 is 0. The molecule has 0 saturated carbocycles. The van der Waals surface area contributed by atoms with Crippen molar-refractivity contribution in [2.75, 3.05) is 38.3 Å². The molecule has 0 aromatic heterocycles. The molecule has 0 radical (unpaired) electrons. The van der Waals surface area contributed by atoms with E-state index in [0.717, 1.165) is 18.4 Å². The number of aliphatic hydroxyl groups excluding tert-OH is 1. The maximum absolute atomic E-state index is 15.5. The normalized spacial score (nSPS) is 17.3. The second kappa shape index (κ2) is 11.4. The molecule has 2 N–H and O–H groups in total. The molecular weight excluding hydrogens is 501 g/mol. The van der Waals surface area contributed by atoms with Gasteiger partial charge in [0.2, 0.25) is 0 Å². The molecule has 1 fully saturated rings. The third-order valence-electron chi connectivity index (χ3n) is 7.29. The number of benzene rings is 2. The van der Waals surface area contributed by atoms with Crippen molar-refractivity contribution in [2.24, 2.45) is 0 Å². The van der Waals surface area contributed by atoms with Gasteiger partial charge in [0.05, 0.1) is 38.1 Å². The van der Waals surface area contributed by atoms with Gasteiger partial charge in [0.25, 0.3) is 0 Å². The quantitative estimate of drug-likeness (QED) is 0.418. The van der Waals surface area contributed by atoms with Crippen LogP contribution in [0.3, 0.4) is 0 Å². The Kier molecular flexibility index (Phi) is 8.39. The molecule has 212 valence electrons. The van der Waals surface area contributed by atoms with Gasteiger partial charge in [-0.15, -0.1) is 0 Å². The van der Waals surface area contributed by atoms with Gasteiger partial charge < -0.3 is 29.1 Å². The smallest absolute Gasteiger partial charge is 0.197 e. The number of amidine groups is 1. The molecule has 4 rings (SSSR count). The fourth-order valence-corrected chi connectivity index (χ4v) is 5.38. The van der Waals surface area contributed by atoms with E-state index in [-0.39, 0.29) is 48.0 Å². The lowest BCUT2D eigenvalue weighted by molar-refractivity contribution is 0.0962. The zero-order valence-corrected chi connectivity index (χ0v) is 23.8. The number of hydrogen-bond donors (Lipinski definition) is 2. The number of fused-ring (bicyclic) bond motifs is 1. The van der Waals surface area contributed by atoms with Crippen LogP contribution in [-0.2, 0) is 12.0 Å². The zero-order chi connectivity index (χ0) is 28.5. The van der Waals surface area contributed by atoms with Crippen molar-refractivity contribution in [3.8, 4) is 17.2 Å². The summed E-state index contributed by atoms with van der Waals surface area (Å²) in [5.41, 5.74) is 2.40. The highest BCUT2D eigenvalue weighted by atomic mass is 19.1. The molecule has 2 aromatic rings. The molecule has 2 aliphatic heterocycles. The first kappa shape index (κ1) is 28.7. The van der Waals surface area contributed by atoms with Crippen molar-refractivity contribution in [2.45, 2.75) is 72.1 Å². The van der Waals surface area contributed by atoms with E-state index < -0.39 is 12.0 Å². The number of hydrogen-bond acceptors (Lipinski definition) is 7. The van der Waals surface area contributed by atoms with E-state index in [1.54, 1.807) is 31.1 Å². The summed E-state index contributed by atoms with van der Waals surface area (Å²) in [7, 11) is 1.61. The second-order valence-corrected chi connectivity index (χ2v) is 11.0. The highest BCUT2D eigenvalue weighted by Crippen LogP contribution is 2.42. The van der Waals surface area contributed by atoms with Crippen LogP contribution < -0.4 is 19.1 Å². The highest BCUT2D eigenvalue weighted by Gasteiger charge is 2.34. The first-order chi connectivity index (χ1) is 18.5. The van der Waals surface area contributed by atoms with Crippen molar-refractivity contribution in [3.05, 3.63) is 46.3 Å². The number of ether oxygens (including phenoxy) is 3.